The summed E-state index contributed by atoms with van der Waals surface area (Å²) < 4.78 is 28.7. The fraction of sp³-hybridized carbons (Fsp3) is 0.316. The van der Waals surface area contributed by atoms with Gasteiger partial charge in [-0.25, -0.2) is 8.42 Å². The molecule has 2 aromatic rings. The Hall–Kier alpha value is -2.25. The second-order valence-corrected chi connectivity index (χ2v) is 8.90. The van der Waals surface area contributed by atoms with E-state index in [4.69, 9.17) is 16.3 Å². The molecule has 8 heteroatoms. The van der Waals surface area contributed by atoms with Crippen molar-refractivity contribution in [2.75, 3.05) is 36.7 Å². The third-order valence-electron chi connectivity index (χ3n) is 4.48. The SMILES string of the molecule is COc1ccc2c(c1)CCCN2CC(=O)Nc1cc(S(C)(=O)=O)ccc1Cl. The van der Waals surface area contributed by atoms with Gasteiger partial charge < -0.3 is 15.0 Å². The number of hydrogen-bond donors (Lipinski definition) is 1. The van der Waals surface area contributed by atoms with E-state index in [1.165, 1.54) is 18.2 Å². The number of fused-ring (bicyclic) bond motifs is 1. The maximum Gasteiger partial charge on any atom is 0.243 e. The Balaban J connectivity index is 1.76. The second kappa shape index (κ2) is 7.78. The van der Waals surface area contributed by atoms with Crippen molar-refractivity contribution in [3.05, 3.63) is 47.0 Å². The molecule has 0 atom stereocenters. The predicted molar refractivity (Wildman–Crippen MR) is 107 cm³/mol. The summed E-state index contributed by atoms with van der Waals surface area (Å²) in [7, 11) is -1.75. The number of anilines is 2. The van der Waals surface area contributed by atoms with E-state index in [0.717, 1.165) is 42.6 Å². The van der Waals surface area contributed by atoms with Crippen LogP contribution in [-0.4, -0.2) is 40.8 Å². The maximum atomic E-state index is 12.5. The first-order chi connectivity index (χ1) is 12.8. The van der Waals surface area contributed by atoms with Crippen LogP contribution in [0.1, 0.15) is 12.0 Å². The largest absolute Gasteiger partial charge is 0.497 e. The molecule has 3 rings (SSSR count). The highest BCUT2D eigenvalue weighted by Gasteiger charge is 2.20. The van der Waals surface area contributed by atoms with Gasteiger partial charge >= 0.3 is 0 Å². The van der Waals surface area contributed by atoms with Crippen LogP contribution in [0.5, 0.6) is 5.75 Å². The van der Waals surface area contributed by atoms with Gasteiger partial charge in [0.25, 0.3) is 0 Å². The molecule has 1 amide bonds. The van der Waals surface area contributed by atoms with Crippen molar-refractivity contribution in [1.29, 1.82) is 0 Å². The number of methoxy groups -OCH3 is 1. The Morgan fingerprint density at radius 1 is 1.26 bits per heavy atom. The van der Waals surface area contributed by atoms with Crippen molar-refractivity contribution in [3.8, 4) is 5.75 Å². The molecule has 1 aliphatic rings. The highest BCUT2D eigenvalue weighted by Crippen LogP contribution is 2.31. The normalized spacial score (nSPS) is 13.8. The number of nitrogens with zero attached hydrogens (tertiary/aromatic N) is 1. The number of amides is 1. The summed E-state index contributed by atoms with van der Waals surface area (Å²) >= 11 is 6.11. The van der Waals surface area contributed by atoms with Gasteiger partial charge in [-0.15, -0.1) is 0 Å². The van der Waals surface area contributed by atoms with Gasteiger partial charge in [0.15, 0.2) is 9.84 Å². The van der Waals surface area contributed by atoms with E-state index in [9.17, 15) is 13.2 Å². The van der Waals surface area contributed by atoms with Gasteiger partial charge in [-0.1, -0.05) is 11.6 Å². The molecular weight excluding hydrogens is 388 g/mol. The van der Waals surface area contributed by atoms with Crippen molar-refractivity contribution in [3.63, 3.8) is 0 Å². The molecule has 0 aliphatic carbocycles. The number of rotatable bonds is 5. The first-order valence-corrected chi connectivity index (χ1v) is 10.8. The first kappa shape index (κ1) is 19.5. The second-order valence-electron chi connectivity index (χ2n) is 6.48. The summed E-state index contributed by atoms with van der Waals surface area (Å²) in [5, 5.41) is 3.01. The number of nitrogens with one attached hydrogen (secondary N) is 1. The summed E-state index contributed by atoms with van der Waals surface area (Å²) in [6.45, 7) is 0.919. The molecule has 0 saturated heterocycles. The maximum absolute atomic E-state index is 12.5. The van der Waals surface area contributed by atoms with Gasteiger partial charge in [0.1, 0.15) is 5.75 Å². The van der Waals surface area contributed by atoms with Gasteiger partial charge in [0.05, 0.1) is 29.3 Å². The van der Waals surface area contributed by atoms with E-state index in [1.54, 1.807) is 7.11 Å². The third-order valence-corrected chi connectivity index (χ3v) is 5.92. The molecule has 0 unspecified atom stereocenters. The van der Waals surface area contributed by atoms with E-state index in [2.05, 4.69) is 5.32 Å². The van der Waals surface area contributed by atoms with Crippen molar-refractivity contribution >= 4 is 38.7 Å². The van der Waals surface area contributed by atoms with Crippen molar-refractivity contribution < 1.29 is 17.9 Å². The summed E-state index contributed by atoms with van der Waals surface area (Å²) in [6.07, 6.45) is 2.99. The molecule has 27 heavy (non-hydrogen) atoms. The average molecular weight is 409 g/mol. The summed E-state index contributed by atoms with van der Waals surface area (Å²) in [4.78, 5) is 14.7. The molecular formula is C19H21ClN2O4S. The number of carbonyl (C=O) groups excluding carboxylic acids is 1. The Kier molecular flexibility index (Phi) is 5.62. The number of ether oxygens (including phenoxy) is 1. The van der Waals surface area contributed by atoms with E-state index in [1.807, 2.05) is 23.1 Å². The van der Waals surface area contributed by atoms with Crippen LogP contribution in [0.25, 0.3) is 0 Å². The quantitative estimate of drug-likeness (QED) is 0.822. The minimum Gasteiger partial charge on any atom is -0.497 e. The number of benzene rings is 2. The molecule has 2 aromatic carbocycles. The molecule has 1 heterocycles. The fourth-order valence-electron chi connectivity index (χ4n) is 3.14. The van der Waals surface area contributed by atoms with Gasteiger partial charge in [0.2, 0.25) is 5.91 Å². The molecule has 0 radical (unpaired) electrons. The van der Waals surface area contributed by atoms with Crippen molar-refractivity contribution in [2.24, 2.45) is 0 Å². The minimum atomic E-state index is -3.38. The average Bonchev–Trinajstić information content (AvgIpc) is 2.62. The Bertz CT molecular complexity index is 976. The van der Waals surface area contributed by atoms with Gasteiger partial charge in [0, 0.05) is 18.5 Å². The predicted octanol–water partition coefficient (Wildman–Crippen LogP) is 3.14. The lowest BCUT2D eigenvalue weighted by atomic mass is 10.0. The molecule has 0 spiro atoms. The lowest BCUT2D eigenvalue weighted by Gasteiger charge is -2.31. The van der Waals surface area contributed by atoms with Gasteiger partial charge in [-0.05, 0) is 54.8 Å². The van der Waals surface area contributed by atoms with E-state index >= 15 is 0 Å². The summed E-state index contributed by atoms with van der Waals surface area (Å²) in [5.74, 6) is 0.538. The lowest BCUT2D eigenvalue weighted by molar-refractivity contribution is -0.115. The van der Waals surface area contributed by atoms with Gasteiger partial charge in [-0.2, -0.15) is 0 Å². The third kappa shape index (κ3) is 4.54. The minimum absolute atomic E-state index is 0.109. The molecule has 1 aliphatic heterocycles. The highest BCUT2D eigenvalue weighted by molar-refractivity contribution is 7.90. The van der Waals surface area contributed by atoms with E-state index < -0.39 is 9.84 Å². The van der Waals surface area contributed by atoms with E-state index in [0.29, 0.717) is 5.02 Å². The standard InChI is InChI=1S/C19H21ClN2O4S/c1-26-14-5-8-18-13(10-14)4-3-9-22(18)12-19(23)21-17-11-15(27(2,24)25)6-7-16(17)20/h5-8,10-11H,3-4,9,12H2,1-2H3,(H,21,23). The summed E-state index contributed by atoms with van der Waals surface area (Å²) in [5.41, 5.74) is 2.44. The number of aryl methyl sites for hydroxylation is 1. The monoisotopic (exact) mass is 408 g/mol. The van der Waals surface area contributed by atoms with Crippen LogP contribution in [-0.2, 0) is 21.1 Å². The molecule has 6 nitrogen and oxygen atoms in total. The Labute approximate surface area is 164 Å². The topological polar surface area (TPSA) is 75.7 Å². The van der Waals surface area contributed by atoms with Gasteiger partial charge in [-0.3, -0.25) is 4.79 Å². The fourth-order valence-corrected chi connectivity index (χ4v) is 3.95. The van der Waals surface area contributed by atoms with Crippen LogP contribution in [0.3, 0.4) is 0 Å². The van der Waals surface area contributed by atoms with Crippen LogP contribution in [0, 0.1) is 0 Å². The first-order valence-electron chi connectivity index (χ1n) is 8.49. The molecule has 0 saturated carbocycles. The van der Waals surface area contributed by atoms with Crippen LogP contribution in [0.2, 0.25) is 5.02 Å². The zero-order chi connectivity index (χ0) is 19.6. The smallest absolute Gasteiger partial charge is 0.243 e. The van der Waals surface area contributed by atoms with Crippen LogP contribution in [0.15, 0.2) is 41.3 Å². The molecule has 144 valence electrons. The Morgan fingerprint density at radius 3 is 2.74 bits per heavy atom. The van der Waals surface area contributed by atoms with Crippen molar-refractivity contribution in [2.45, 2.75) is 17.7 Å². The zero-order valence-corrected chi connectivity index (χ0v) is 16.7. The Morgan fingerprint density at radius 2 is 2.04 bits per heavy atom. The van der Waals surface area contributed by atoms with Crippen LogP contribution < -0.4 is 15.0 Å². The molecule has 0 bridgehead atoms. The number of halogens is 1. The molecule has 1 N–H and O–H groups in total. The van der Waals surface area contributed by atoms with Crippen molar-refractivity contribution in [1.82, 2.24) is 0 Å². The van der Waals surface area contributed by atoms with Crippen LogP contribution >= 0.6 is 11.6 Å². The zero-order valence-electron chi connectivity index (χ0n) is 15.2. The number of carbonyl (C=O) groups is 1. The molecule has 0 aromatic heterocycles. The van der Waals surface area contributed by atoms with Crippen LogP contribution in [0.4, 0.5) is 11.4 Å². The highest BCUT2D eigenvalue weighted by atomic mass is 35.5. The lowest BCUT2D eigenvalue weighted by Crippen LogP contribution is -2.36. The number of hydrogen-bond acceptors (Lipinski definition) is 5. The summed E-state index contributed by atoms with van der Waals surface area (Å²) in [6, 6.07) is 10.1. The van der Waals surface area contributed by atoms with E-state index in [-0.39, 0.29) is 23.0 Å². The molecule has 0 fully saturated rings. The number of sulfone groups is 1.